The lowest BCUT2D eigenvalue weighted by atomic mass is 10.1. The minimum absolute atomic E-state index is 0.182. The van der Waals surface area contributed by atoms with Gasteiger partial charge in [-0.1, -0.05) is 23.7 Å². The van der Waals surface area contributed by atoms with E-state index in [4.69, 9.17) is 11.6 Å². The Labute approximate surface area is 162 Å². The molecule has 2 rings (SSSR count). The fraction of sp³-hybridized carbons (Fsp3) is 0.235. The maximum absolute atomic E-state index is 12.7. The van der Waals surface area contributed by atoms with E-state index in [9.17, 15) is 23.3 Å². The Bertz CT molecular complexity index is 994. The fourth-order valence-corrected chi connectivity index (χ4v) is 3.87. The Morgan fingerprint density at radius 1 is 1.26 bits per heavy atom. The average molecular weight is 412 g/mol. The average Bonchev–Trinajstić information content (AvgIpc) is 2.55. The molecule has 0 aliphatic rings. The topological polar surface area (TPSA) is 110 Å². The maximum atomic E-state index is 12.7. The van der Waals surface area contributed by atoms with Crippen LogP contribution in [0.2, 0.25) is 5.02 Å². The van der Waals surface area contributed by atoms with Crippen LogP contribution in [0.15, 0.2) is 42.5 Å². The van der Waals surface area contributed by atoms with Gasteiger partial charge >= 0.3 is 0 Å². The molecular formula is C17H18ClN3O5S. The quantitative estimate of drug-likeness (QED) is 0.579. The van der Waals surface area contributed by atoms with Crippen molar-refractivity contribution < 1.29 is 18.1 Å². The molecule has 0 spiro atoms. The molecule has 0 aliphatic heterocycles. The lowest BCUT2D eigenvalue weighted by Crippen LogP contribution is -2.45. The van der Waals surface area contributed by atoms with Crippen molar-refractivity contribution in [3.05, 3.63) is 63.2 Å². The molecule has 27 heavy (non-hydrogen) atoms. The van der Waals surface area contributed by atoms with Crippen molar-refractivity contribution in [2.75, 3.05) is 15.9 Å². The summed E-state index contributed by atoms with van der Waals surface area (Å²) in [6, 6.07) is 9.06. The molecule has 8 nitrogen and oxygen atoms in total. The number of aryl methyl sites for hydroxylation is 1. The first-order valence-corrected chi connectivity index (χ1v) is 10.0. The second-order valence-electron chi connectivity index (χ2n) is 5.96. The number of amides is 1. The Kier molecular flexibility index (Phi) is 6.07. The molecule has 1 amide bonds. The Hall–Kier alpha value is -2.65. The van der Waals surface area contributed by atoms with Gasteiger partial charge in [-0.2, -0.15) is 0 Å². The lowest BCUT2D eigenvalue weighted by Gasteiger charge is -2.28. The molecule has 0 saturated heterocycles. The van der Waals surface area contributed by atoms with Crippen LogP contribution < -0.4 is 9.62 Å². The second-order valence-corrected chi connectivity index (χ2v) is 8.26. The number of benzene rings is 2. The smallest absolute Gasteiger partial charge is 0.271 e. The van der Waals surface area contributed by atoms with Gasteiger partial charge in [0, 0.05) is 17.2 Å². The molecule has 144 valence electrons. The monoisotopic (exact) mass is 411 g/mol. The zero-order valence-electron chi connectivity index (χ0n) is 14.8. The van der Waals surface area contributed by atoms with Crippen LogP contribution in [0.25, 0.3) is 0 Å². The predicted octanol–water partition coefficient (Wildman–Crippen LogP) is 3.35. The molecule has 0 heterocycles. The van der Waals surface area contributed by atoms with Crippen LogP contribution in [-0.4, -0.2) is 31.5 Å². The van der Waals surface area contributed by atoms with Gasteiger partial charge in [-0.15, -0.1) is 0 Å². The predicted molar refractivity (Wildman–Crippen MR) is 105 cm³/mol. The highest BCUT2D eigenvalue weighted by molar-refractivity contribution is 7.92. The Balaban J connectivity index is 2.36. The van der Waals surface area contributed by atoms with Crippen LogP contribution in [0.1, 0.15) is 12.5 Å². The molecule has 0 aliphatic carbocycles. The standard InChI is InChI=1S/C17H18ClN3O5S/c1-11-7-8-15(21(23)24)10-16(11)19-17(22)12(2)20(27(3,25)26)14-6-4-5-13(18)9-14/h4-10,12H,1-3H3,(H,19,22). The summed E-state index contributed by atoms with van der Waals surface area (Å²) in [5.74, 6) is -0.635. The first-order valence-electron chi connectivity index (χ1n) is 7.81. The number of halogens is 1. The van der Waals surface area contributed by atoms with Gasteiger partial charge in [-0.3, -0.25) is 19.2 Å². The number of non-ortho nitro benzene ring substituents is 1. The SMILES string of the molecule is Cc1ccc([N+](=O)[O-])cc1NC(=O)C(C)N(c1cccc(Cl)c1)S(C)(=O)=O. The van der Waals surface area contributed by atoms with Crippen molar-refractivity contribution in [1.82, 2.24) is 0 Å². The number of rotatable bonds is 6. The molecule has 1 atom stereocenters. The van der Waals surface area contributed by atoms with Crippen molar-refractivity contribution in [3.63, 3.8) is 0 Å². The number of hydrogen-bond donors (Lipinski definition) is 1. The minimum atomic E-state index is -3.80. The van der Waals surface area contributed by atoms with E-state index >= 15 is 0 Å². The van der Waals surface area contributed by atoms with Crippen LogP contribution >= 0.6 is 11.6 Å². The molecule has 0 fully saturated rings. The van der Waals surface area contributed by atoms with E-state index in [2.05, 4.69) is 5.32 Å². The van der Waals surface area contributed by atoms with Gasteiger partial charge in [-0.05, 0) is 37.6 Å². The Morgan fingerprint density at radius 2 is 1.93 bits per heavy atom. The van der Waals surface area contributed by atoms with E-state index in [1.54, 1.807) is 19.1 Å². The van der Waals surface area contributed by atoms with E-state index in [1.807, 2.05) is 0 Å². The number of nitrogens with one attached hydrogen (secondary N) is 1. The first kappa shape index (κ1) is 20.7. The van der Waals surface area contributed by atoms with Gasteiger partial charge in [-0.25, -0.2) is 8.42 Å². The van der Waals surface area contributed by atoms with Crippen molar-refractivity contribution in [2.24, 2.45) is 0 Å². The maximum Gasteiger partial charge on any atom is 0.271 e. The number of anilines is 2. The molecule has 1 N–H and O–H groups in total. The zero-order valence-corrected chi connectivity index (χ0v) is 16.4. The lowest BCUT2D eigenvalue weighted by molar-refractivity contribution is -0.384. The fourth-order valence-electron chi connectivity index (χ4n) is 2.52. The number of nitro groups is 1. The summed E-state index contributed by atoms with van der Waals surface area (Å²) in [6.07, 6.45) is 0.982. The van der Waals surface area contributed by atoms with Crippen LogP contribution in [0.5, 0.6) is 0 Å². The van der Waals surface area contributed by atoms with Crippen molar-refractivity contribution in [2.45, 2.75) is 19.9 Å². The van der Waals surface area contributed by atoms with E-state index in [-0.39, 0.29) is 17.1 Å². The van der Waals surface area contributed by atoms with Crippen molar-refractivity contribution >= 4 is 44.6 Å². The normalized spacial score (nSPS) is 12.3. The third-order valence-corrected chi connectivity index (χ3v) is 5.32. The zero-order chi connectivity index (χ0) is 20.4. The third-order valence-electron chi connectivity index (χ3n) is 3.84. The first-order chi connectivity index (χ1) is 12.5. The molecule has 0 saturated carbocycles. The van der Waals surface area contributed by atoms with E-state index in [1.165, 1.54) is 37.3 Å². The number of hydrogen-bond acceptors (Lipinski definition) is 5. The summed E-state index contributed by atoms with van der Waals surface area (Å²) in [6.45, 7) is 3.10. The highest BCUT2D eigenvalue weighted by Gasteiger charge is 2.29. The molecule has 0 aromatic heterocycles. The number of nitro benzene ring substituents is 1. The highest BCUT2D eigenvalue weighted by atomic mass is 35.5. The summed E-state index contributed by atoms with van der Waals surface area (Å²) in [4.78, 5) is 23.0. The van der Waals surface area contributed by atoms with Crippen LogP contribution in [0.3, 0.4) is 0 Å². The van der Waals surface area contributed by atoms with Crippen LogP contribution in [0.4, 0.5) is 17.1 Å². The summed E-state index contributed by atoms with van der Waals surface area (Å²) < 4.78 is 25.5. The van der Waals surface area contributed by atoms with Gasteiger partial charge in [0.25, 0.3) is 5.69 Å². The van der Waals surface area contributed by atoms with Gasteiger partial charge in [0.1, 0.15) is 6.04 Å². The van der Waals surface area contributed by atoms with Gasteiger partial charge in [0.2, 0.25) is 15.9 Å². The van der Waals surface area contributed by atoms with Gasteiger partial charge in [0.15, 0.2) is 0 Å². The minimum Gasteiger partial charge on any atom is -0.324 e. The third kappa shape index (κ3) is 4.95. The van der Waals surface area contributed by atoms with Crippen LogP contribution in [0, 0.1) is 17.0 Å². The molecule has 2 aromatic carbocycles. The van der Waals surface area contributed by atoms with E-state index < -0.39 is 26.9 Å². The van der Waals surface area contributed by atoms with Crippen LogP contribution in [-0.2, 0) is 14.8 Å². The number of nitrogens with zero attached hydrogens (tertiary/aromatic N) is 2. The molecule has 1 unspecified atom stereocenters. The molecule has 0 bridgehead atoms. The highest BCUT2D eigenvalue weighted by Crippen LogP contribution is 2.26. The largest absolute Gasteiger partial charge is 0.324 e. The molecule has 10 heteroatoms. The van der Waals surface area contributed by atoms with Gasteiger partial charge < -0.3 is 5.32 Å². The van der Waals surface area contributed by atoms with E-state index in [0.29, 0.717) is 10.6 Å². The molecule has 2 aromatic rings. The summed E-state index contributed by atoms with van der Waals surface area (Å²) in [5.41, 5.74) is 0.900. The number of sulfonamides is 1. The molecule has 0 radical (unpaired) electrons. The summed E-state index contributed by atoms with van der Waals surface area (Å²) in [7, 11) is -3.80. The van der Waals surface area contributed by atoms with Crippen molar-refractivity contribution in [3.8, 4) is 0 Å². The number of carbonyl (C=O) groups excluding carboxylic acids is 1. The summed E-state index contributed by atoms with van der Waals surface area (Å²) in [5, 5.41) is 13.8. The summed E-state index contributed by atoms with van der Waals surface area (Å²) >= 11 is 5.94. The van der Waals surface area contributed by atoms with Gasteiger partial charge in [0.05, 0.1) is 22.6 Å². The Morgan fingerprint density at radius 3 is 2.48 bits per heavy atom. The number of carbonyl (C=O) groups is 1. The molecular weight excluding hydrogens is 394 g/mol. The second kappa shape index (κ2) is 7.93. The van der Waals surface area contributed by atoms with E-state index in [0.717, 1.165) is 10.6 Å². The van der Waals surface area contributed by atoms with Crippen molar-refractivity contribution in [1.29, 1.82) is 0 Å².